The Kier molecular flexibility index (Phi) is 11.6. The van der Waals surface area contributed by atoms with Crippen LogP contribution in [-0.4, -0.2) is 53.6 Å². The lowest BCUT2D eigenvalue weighted by molar-refractivity contribution is -0.134. The van der Waals surface area contributed by atoms with Crippen LogP contribution >= 0.6 is 0 Å². The van der Waals surface area contributed by atoms with Gasteiger partial charge in [-0.2, -0.15) is 0 Å². The number of carboxylic acids is 1. The molecule has 2 aromatic rings. The summed E-state index contributed by atoms with van der Waals surface area (Å²) in [6.45, 7) is 3.26. The maximum atomic E-state index is 12.7. The van der Waals surface area contributed by atoms with Crippen molar-refractivity contribution in [2.45, 2.75) is 51.4 Å². The molecule has 2 aliphatic rings. The van der Waals surface area contributed by atoms with E-state index in [4.69, 9.17) is 9.90 Å². The predicted molar refractivity (Wildman–Crippen MR) is 133 cm³/mol. The quantitative estimate of drug-likeness (QED) is 0.525. The minimum atomic E-state index is -0.833. The van der Waals surface area contributed by atoms with Gasteiger partial charge in [-0.1, -0.05) is 60.7 Å². The number of amides is 2. The van der Waals surface area contributed by atoms with E-state index in [0.717, 1.165) is 32.7 Å². The van der Waals surface area contributed by atoms with Crippen LogP contribution in [0.15, 0.2) is 66.7 Å². The number of carbonyl (C=O) groups is 3. The number of nitrogens with zero attached hydrogens (tertiary/aromatic N) is 1. The average Bonchev–Trinajstić information content (AvgIpc) is 3.25. The highest BCUT2D eigenvalue weighted by molar-refractivity contribution is 5.88. The first-order valence-corrected chi connectivity index (χ1v) is 11.6. The molecule has 0 aromatic heterocycles. The summed E-state index contributed by atoms with van der Waals surface area (Å²) in [4.78, 5) is 35.9. The van der Waals surface area contributed by atoms with Crippen LogP contribution in [0.1, 0.15) is 36.5 Å². The Labute approximate surface area is 206 Å². The van der Waals surface area contributed by atoms with Crippen LogP contribution in [0, 0.1) is 0 Å². The second kappa shape index (κ2) is 14.7. The molecule has 7 nitrogen and oxygen atoms in total. The van der Waals surface area contributed by atoms with Crippen molar-refractivity contribution >= 4 is 17.8 Å². The molecule has 0 aliphatic carbocycles. The third-order valence-corrected chi connectivity index (χ3v) is 5.68. The number of fused-ring (bicyclic) bond motifs is 1. The van der Waals surface area contributed by atoms with Gasteiger partial charge in [0.05, 0.1) is 13.2 Å². The molecule has 0 radical (unpaired) electrons. The lowest BCUT2D eigenvalue weighted by Crippen LogP contribution is -2.54. The van der Waals surface area contributed by atoms with Crippen molar-refractivity contribution in [3.05, 3.63) is 83.4 Å². The number of benzene rings is 2. The number of hydrogen-bond acceptors (Lipinski definition) is 4. The number of hydrogen-bond donors (Lipinski definition) is 3. The normalized spacial score (nSPS) is 16.5. The third kappa shape index (κ3) is 9.33. The van der Waals surface area contributed by atoms with Crippen LogP contribution in [0.25, 0.3) is 0 Å². The molecule has 8 heteroatoms. The highest BCUT2D eigenvalue weighted by atomic mass is 19.1. The van der Waals surface area contributed by atoms with Crippen molar-refractivity contribution in [3.8, 4) is 0 Å². The predicted octanol–water partition coefficient (Wildman–Crippen LogP) is 3.24. The molecule has 4 rings (SSSR count). The van der Waals surface area contributed by atoms with Gasteiger partial charge in [0.2, 0.25) is 11.8 Å². The Bertz CT molecular complexity index is 964. The standard InChI is InChI=1S/C24H27N3O2.C2H4O2.CH3F/c28-23(27-16-19-8-4-5-9-20(19)17-27)13-12-21(26-24(29)22-14-15-25-22)11-10-18-6-2-1-3-7-18;1-2(3)4;1-2/h1-9,12-13,21-22,25H,10-11,14-17H2,(H,26,29);1H3,(H,3,4);1H3/b13-12+;;/t21-,22-;;/m0../s1. The fraction of sp³-hybridized carbons (Fsp3) is 0.370. The maximum absolute atomic E-state index is 12.7. The summed E-state index contributed by atoms with van der Waals surface area (Å²) in [5.41, 5.74) is 3.64. The number of carboxylic acid groups (broad SMARTS) is 1. The van der Waals surface area contributed by atoms with E-state index in [1.54, 1.807) is 6.08 Å². The second-order valence-corrected chi connectivity index (χ2v) is 8.28. The van der Waals surface area contributed by atoms with Crippen LogP contribution < -0.4 is 10.6 Å². The monoisotopic (exact) mass is 483 g/mol. The maximum Gasteiger partial charge on any atom is 0.300 e. The first-order valence-electron chi connectivity index (χ1n) is 11.6. The lowest BCUT2D eigenvalue weighted by atomic mass is 10.0. The minimum absolute atomic E-state index is 0.0121. The van der Waals surface area contributed by atoms with Gasteiger partial charge in [0.1, 0.15) is 0 Å². The fourth-order valence-electron chi connectivity index (χ4n) is 3.77. The molecule has 1 saturated heterocycles. The van der Waals surface area contributed by atoms with Crippen molar-refractivity contribution in [2.75, 3.05) is 13.7 Å². The number of nitrogens with one attached hydrogen (secondary N) is 2. The zero-order valence-electron chi connectivity index (χ0n) is 20.2. The highest BCUT2D eigenvalue weighted by Crippen LogP contribution is 2.22. The van der Waals surface area contributed by atoms with Gasteiger partial charge < -0.3 is 20.6 Å². The molecule has 0 unspecified atom stereocenters. The Morgan fingerprint density at radius 2 is 1.63 bits per heavy atom. The van der Waals surface area contributed by atoms with E-state index >= 15 is 0 Å². The van der Waals surface area contributed by atoms with Gasteiger partial charge in [-0.3, -0.25) is 18.8 Å². The molecule has 35 heavy (non-hydrogen) atoms. The lowest BCUT2D eigenvalue weighted by Gasteiger charge is -2.28. The van der Waals surface area contributed by atoms with Gasteiger partial charge in [0, 0.05) is 32.1 Å². The zero-order chi connectivity index (χ0) is 25.6. The van der Waals surface area contributed by atoms with Crippen molar-refractivity contribution in [3.63, 3.8) is 0 Å². The van der Waals surface area contributed by atoms with E-state index in [1.165, 1.54) is 16.7 Å². The number of halogens is 1. The van der Waals surface area contributed by atoms with Gasteiger partial charge in [-0.05, 0) is 42.5 Å². The van der Waals surface area contributed by atoms with Gasteiger partial charge in [0.15, 0.2) is 0 Å². The fourth-order valence-corrected chi connectivity index (χ4v) is 3.77. The number of carbonyl (C=O) groups excluding carboxylic acids is 2. The number of aryl methyl sites for hydroxylation is 1. The Hall–Kier alpha value is -3.52. The molecule has 0 saturated carbocycles. The van der Waals surface area contributed by atoms with Gasteiger partial charge >= 0.3 is 0 Å². The number of aliphatic carboxylic acids is 1. The summed E-state index contributed by atoms with van der Waals surface area (Å²) in [5.74, 6) is -0.832. The Balaban J connectivity index is 0.000000655. The zero-order valence-corrected chi connectivity index (χ0v) is 20.2. The average molecular weight is 484 g/mol. The molecule has 188 valence electrons. The van der Waals surface area contributed by atoms with Gasteiger partial charge in [0.25, 0.3) is 5.97 Å². The van der Waals surface area contributed by atoms with Crippen molar-refractivity contribution in [1.82, 2.24) is 15.5 Å². The van der Waals surface area contributed by atoms with E-state index in [0.29, 0.717) is 20.3 Å². The van der Waals surface area contributed by atoms with E-state index in [-0.39, 0.29) is 23.9 Å². The van der Waals surface area contributed by atoms with E-state index in [2.05, 4.69) is 34.9 Å². The third-order valence-electron chi connectivity index (χ3n) is 5.68. The largest absolute Gasteiger partial charge is 0.481 e. The SMILES string of the molecule is CC(=O)O.CF.O=C(N[C@H](/C=C/C(=O)N1Cc2ccccc2C1)CCc1ccccc1)[C@@H]1CCN1. The van der Waals surface area contributed by atoms with Crippen molar-refractivity contribution < 1.29 is 23.9 Å². The van der Waals surface area contributed by atoms with Crippen molar-refractivity contribution in [1.29, 1.82) is 0 Å². The first-order chi connectivity index (χ1) is 16.9. The topological polar surface area (TPSA) is 98.7 Å². The van der Waals surface area contributed by atoms with Gasteiger partial charge in [-0.25, -0.2) is 0 Å². The van der Waals surface area contributed by atoms with Crippen LogP contribution in [0.4, 0.5) is 4.39 Å². The van der Waals surface area contributed by atoms with E-state index < -0.39 is 5.97 Å². The molecule has 2 amide bonds. The molecule has 2 aromatic carbocycles. The minimum Gasteiger partial charge on any atom is -0.481 e. The molecule has 1 fully saturated rings. The molecule has 2 aliphatic heterocycles. The Morgan fingerprint density at radius 3 is 2.14 bits per heavy atom. The summed E-state index contributed by atoms with van der Waals surface area (Å²) >= 11 is 0. The molecule has 0 bridgehead atoms. The number of alkyl halides is 1. The summed E-state index contributed by atoms with van der Waals surface area (Å²) in [5, 5.41) is 13.6. The first kappa shape index (κ1) is 27.7. The second-order valence-electron chi connectivity index (χ2n) is 8.28. The molecular weight excluding hydrogens is 449 g/mol. The summed E-state index contributed by atoms with van der Waals surface area (Å²) < 4.78 is 9.50. The summed E-state index contributed by atoms with van der Waals surface area (Å²) in [6, 6.07) is 18.1. The highest BCUT2D eigenvalue weighted by Gasteiger charge is 2.26. The van der Waals surface area contributed by atoms with E-state index in [9.17, 15) is 14.0 Å². The molecular formula is C27H34FN3O4. The smallest absolute Gasteiger partial charge is 0.300 e. The van der Waals surface area contributed by atoms with E-state index in [1.807, 2.05) is 41.3 Å². The van der Waals surface area contributed by atoms with Crippen LogP contribution in [0.3, 0.4) is 0 Å². The van der Waals surface area contributed by atoms with Gasteiger partial charge in [-0.15, -0.1) is 0 Å². The summed E-state index contributed by atoms with van der Waals surface area (Å²) in [7, 11) is 0.500. The molecule has 3 N–H and O–H groups in total. The van der Waals surface area contributed by atoms with Crippen LogP contribution in [0.5, 0.6) is 0 Å². The molecule has 2 heterocycles. The molecule has 0 spiro atoms. The van der Waals surface area contributed by atoms with Crippen LogP contribution in [-0.2, 0) is 33.9 Å². The van der Waals surface area contributed by atoms with Crippen LogP contribution in [0.2, 0.25) is 0 Å². The number of rotatable bonds is 7. The summed E-state index contributed by atoms with van der Waals surface area (Å²) in [6.07, 6.45) is 5.94. The Morgan fingerprint density at radius 1 is 1.09 bits per heavy atom. The van der Waals surface area contributed by atoms with Crippen molar-refractivity contribution in [2.24, 2.45) is 0 Å². The molecule has 2 atom stereocenters.